The van der Waals surface area contributed by atoms with Crippen LogP contribution in [0.25, 0.3) is 0 Å². The van der Waals surface area contributed by atoms with Crippen molar-refractivity contribution in [2.75, 3.05) is 47.6 Å². The highest BCUT2D eigenvalue weighted by atomic mass is 35.5. The Hall–Kier alpha value is -0.720. The SMILES string of the molecule is COCC[C@@H]1CN(Cc2c(Cl)cc(OC)c(OC)c2Cl)CCO1. The minimum Gasteiger partial charge on any atom is -0.493 e. The first-order valence-corrected chi connectivity index (χ1v) is 8.28. The lowest BCUT2D eigenvalue weighted by Gasteiger charge is -2.33. The lowest BCUT2D eigenvalue weighted by molar-refractivity contribution is -0.0432. The van der Waals surface area contributed by atoms with Crippen LogP contribution < -0.4 is 9.47 Å². The number of hydrogen-bond donors (Lipinski definition) is 0. The maximum Gasteiger partial charge on any atom is 0.179 e. The summed E-state index contributed by atoms with van der Waals surface area (Å²) in [5.74, 6) is 1.05. The van der Waals surface area contributed by atoms with Crippen molar-refractivity contribution in [1.29, 1.82) is 0 Å². The predicted octanol–water partition coefficient (Wildman–Crippen LogP) is 3.25. The molecule has 1 aromatic rings. The van der Waals surface area contributed by atoms with Crippen LogP contribution in [0.3, 0.4) is 0 Å². The summed E-state index contributed by atoms with van der Waals surface area (Å²) < 4.78 is 21.5. The summed E-state index contributed by atoms with van der Waals surface area (Å²) in [5, 5.41) is 1.07. The van der Waals surface area contributed by atoms with Crippen molar-refractivity contribution < 1.29 is 18.9 Å². The number of halogens is 2. The van der Waals surface area contributed by atoms with Gasteiger partial charge in [-0.05, 0) is 6.42 Å². The Balaban J connectivity index is 2.13. The second-order valence-electron chi connectivity index (χ2n) is 5.40. The third kappa shape index (κ3) is 4.64. The normalized spacial score (nSPS) is 18.9. The van der Waals surface area contributed by atoms with Gasteiger partial charge in [-0.1, -0.05) is 23.2 Å². The lowest BCUT2D eigenvalue weighted by atomic mass is 10.1. The first-order chi connectivity index (χ1) is 11.1. The zero-order valence-electron chi connectivity index (χ0n) is 13.7. The van der Waals surface area contributed by atoms with E-state index in [1.807, 2.05) is 0 Å². The number of nitrogens with zero attached hydrogens (tertiary/aromatic N) is 1. The third-order valence-corrected chi connectivity index (χ3v) is 4.64. The van der Waals surface area contributed by atoms with Gasteiger partial charge in [0.15, 0.2) is 11.5 Å². The average Bonchev–Trinajstić information content (AvgIpc) is 2.56. The van der Waals surface area contributed by atoms with Crippen molar-refractivity contribution >= 4 is 23.2 Å². The zero-order chi connectivity index (χ0) is 16.8. The molecule has 1 aliphatic rings. The van der Waals surface area contributed by atoms with Gasteiger partial charge in [0.05, 0.1) is 37.0 Å². The number of ether oxygens (including phenoxy) is 4. The summed E-state index contributed by atoms with van der Waals surface area (Å²) >= 11 is 12.9. The second-order valence-corrected chi connectivity index (χ2v) is 6.18. The molecular formula is C16H23Cl2NO4. The lowest BCUT2D eigenvalue weighted by Crippen LogP contribution is -2.42. The van der Waals surface area contributed by atoms with Crippen molar-refractivity contribution in [3.8, 4) is 11.5 Å². The molecule has 1 saturated heterocycles. The fourth-order valence-electron chi connectivity index (χ4n) is 2.68. The molecule has 0 bridgehead atoms. The van der Waals surface area contributed by atoms with Gasteiger partial charge in [0.1, 0.15) is 0 Å². The molecule has 130 valence electrons. The smallest absolute Gasteiger partial charge is 0.179 e. The molecule has 0 spiro atoms. The van der Waals surface area contributed by atoms with Gasteiger partial charge in [-0.15, -0.1) is 0 Å². The van der Waals surface area contributed by atoms with Crippen molar-refractivity contribution in [3.05, 3.63) is 21.7 Å². The molecule has 0 amide bonds. The third-order valence-electron chi connectivity index (χ3n) is 3.91. The summed E-state index contributed by atoms with van der Waals surface area (Å²) in [7, 11) is 4.83. The maximum absolute atomic E-state index is 6.47. The van der Waals surface area contributed by atoms with Gasteiger partial charge in [0, 0.05) is 45.0 Å². The van der Waals surface area contributed by atoms with Gasteiger partial charge >= 0.3 is 0 Å². The fourth-order valence-corrected chi connectivity index (χ4v) is 3.31. The summed E-state index contributed by atoms with van der Waals surface area (Å²) in [6.45, 7) is 3.69. The topological polar surface area (TPSA) is 40.2 Å². The van der Waals surface area contributed by atoms with E-state index in [9.17, 15) is 0 Å². The molecule has 0 aliphatic carbocycles. The van der Waals surface area contributed by atoms with Gasteiger partial charge in [-0.2, -0.15) is 0 Å². The van der Waals surface area contributed by atoms with Crippen molar-refractivity contribution in [3.63, 3.8) is 0 Å². The molecule has 0 aromatic heterocycles. The highest BCUT2D eigenvalue weighted by Gasteiger charge is 2.24. The van der Waals surface area contributed by atoms with Crippen LogP contribution in [0.2, 0.25) is 10.0 Å². The molecular weight excluding hydrogens is 341 g/mol. The van der Waals surface area contributed by atoms with Crippen molar-refractivity contribution in [2.24, 2.45) is 0 Å². The molecule has 5 nitrogen and oxygen atoms in total. The van der Waals surface area contributed by atoms with Gasteiger partial charge in [-0.25, -0.2) is 0 Å². The molecule has 0 radical (unpaired) electrons. The van der Waals surface area contributed by atoms with E-state index in [2.05, 4.69) is 4.90 Å². The molecule has 1 fully saturated rings. The van der Waals surface area contributed by atoms with E-state index >= 15 is 0 Å². The predicted molar refractivity (Wildman–Crippen MR) is 91.1 cm³/mol. The van der Waals surface area contributed by atoms with Crippen LogP contribution in [0.15, 0.2) is 6.07 Å². The highest BCUT2D eigenvalue weighted by molar-refractivity contribution is 6.37. The second kappa shape index (κ2) is 8.94. The fraction of sp³-hybridized carbons (Fsp3) is 0.625. The van der Waals surface area contributed by atoms with Gasteiger partial charge in [-0.3, -0.25) is 4.90 Å². The van der Waals surface area contributed by atoms with Gasteiger partial charge in [0.2, 0.25) is 0 Å². The molecule has 0 saturated carbocycles. The van der Waals surface area contributed by atoms with Gasteiger partial charge in [0.25, 0.3) is 0 Å². The monoisotopic (exact) mass is 363 g/mol. The Morgan fingerprint density at radius 3 is 2.70 bits per heavy atom. The summed E-state index contributed by atoms with van der Waals surface area (Å²) in [5.41, 5.74) is 0.846. The maximum atomic E-state index is 6.47. The number of hydrogen-bond acceptors (Lipinski definition) is 5. The molecule has 1 aromatic carbocycles. The van der Waals surface area contributed by atoms with Crippen LogP contribution in [0.4, 0.5) is 0 Å². The molecule has 1 aliphatic heterocycles. The van der Waals surface area contributed by atoms with Crippen LogP contribution in [0.1, 0.15) is 12.0 Å². The number of rotatable bonds is 7. The molecule has 23 heavy (non-hydrogen) atoms. The van der Waals surface area contributed by atoms with E-state index in [4.69, 9.17) is 42.1 Å². The van der Waals surface area contributed by atoms with Crippen LogP contribution in [0, 0.1) is 0 Å². The number of benzene rings is 1. The Morgan fingerprint density at radius 1 is 1.26 bits per heavy atom. The van der Waals surface area contributed by atoms with Crippen LogP contribution in [0.5, 0.6) is 11.5 Å². The van der Waals surface area contributed by atoms with Crippen molar-refractivity contribution in [2.45, 2.75) is 19.1 Å². The van der Waals surface area contributed by atoms with E-state index < -0.39 is 0 Å². The molecule has 0 N–H and O–H groups in total. The Morgan fingerprint density at radius 2 is 2.04 bits per heavy atom. The Labute approximate surface area is 147 Å². The number of methoxy groups -OCH3 is 3. The Kier molecular flexibility index (Phi) is 7.24. The molecule has 2 rings (SSSR count). The molecule has 1 atom stereocenters. The number of morpholine rings is 1. The van der Waals surface area contributed by atoms with Crippen LogP contribution in [-0.2, 0) is 16.0 Å². The summed E-state index contributed by atoms with van der Waals surface area (Å²) in [6, 6.07) is 1.74. The van der Waals surface area contributed by atoms with E-state index in [0.717, 1.165) is 25.1 Å². The minimum atomic E-state index is 0.168. The van der Waals surface area contributed by atoms with E-state index in [1.54, 1.807) is 27.4 Å². The van der Waals surface area contributed by atoms with Gasteiger partial charge < -0.3 is 18.9 Å². The highest BCUT2D eigenvalue weighted by Crippen LogP contribution is 2.42. The molecule has 7 heteroatoms. The molecule has 0 unspecified atom stereocenters. The molecule has 1 heterocycles. The quantitative estimate of drug-likeness (QED) is 0.743. The summed E-state index contributed by atoms with van der Waals surface area (Å²) in [6.07, 6.45) is 1.04. The van der Waals surface area contributed by atoms with Crippen LogP contribution >= 0.6 is 23.2 Å². The zero-order valence-corrected chi connectivity index (χ0v) is 15.2. The Bertz CT molecular complexity index is 527. The van der Waals surface area contributed by atoms with Crippen molar-refractivity contribution in [1.82, 2.24) is 4.90 Å². The minimum absolute atomic E-state index is 0.168. The van der Waals surface area contributed by atoms with E-state index in [-0.39, 0.29) is 6.10 Å². The van der Waals surface area contributed by atoms with E-state index in [0.29, 0.717) is 41.3 Å². The summed E-state index contributed by atoms with van der Waals surface area (Å²) in [4.78, 5) is 2.28. The van der Waals surface area contributed by atoms with E-state index in [1.165, 1.54) is 0 Å². The average molecular weight is 364 g/mol. The first kappa shape index (κ1) is 18.6. The first-order valence-electron chi connectivity index (χ1n) is 7.52. The largest absolute Gasteiger partial charge is 0.493 e. The van der Waals surface area contributed by atoms with Crippen LogP contribution in [-0.4, -0.2) is 58.6 Å². The standard InChI is InChI=1S/C16H23Cl2NO4/c1-20-6-4-11-9-19(5-7-23-11)10-12-13(17)8-14(21-2)16(22-3)15(12)18/h8,11H,4-7,9-10H2,1-3H3/t11-/m1/s1.